The largest absolute Gasteiger partial charge is 0.494 e. The second-order valence-corrected chi connectivity index (χ2v) is 6.11. The number of hydrogen-bond donors (Lipinski definition) is 2. The van der Waals surface area contributed by atoms with Crippen LogP contribution in [0.2, 0.25) is 0 Å². The van der Waals surface area contributed by atoms with E-state index in [4.69, 9.17) is 4.74 Å². The van der Waals surface area contributed by atoms with Crippen LogP contribution in [0.3, 0.4) is 0 Å². The first-order valence-corrected chi connectivity index (χ1v) is 8.69. The zero-order chi connectivity index (χ0) is 16.3. The molecule has 132 valence electrons. The van der Waals surface area contributed by atoms with Crippen molar-refractivity contribution in [3.63, 3.8) is 0 Å². The number of aromatic nitrogens is 1. The monoisotopic (exact) mass is 460 g/mol. The third-order valence-corrected chi connectivity index (χ3v) is 4.01. The zero-order valence-electron chi connectivity index (χ0n) is 14.1. The van der Waals surface area contributed by atoms with Crippen LogP contribution < -0.4 is 15.4 Å². The number of halogens is 1. The van der Waals surface area contributed by atoms with Crippen molar-refractivity contribution in [3.8, 4) is 5.75 Å². The second kappa shape index (κ2) is 12.1. The molecule has 2 N–H and O–H groups in total. The lowest BCUT2D eigenvalue weighted by atomic mass is 10.3. The fourth-order valence-corrected chi connectivity index (χ4v) is 2.69. The van der Waals surface area contributed by atoms with Crippen LogP contribution in [0.15, 0.2) is 40.7 Å². The molecule has 0 bridgehead atoms. The van der Waals surface area contributed by atoms with Gasteiger partial charge in [-0.15, -0.1) is 35.3 Å². The molecule has 2 rings (SSSR count). The summed E-state index contributed by atoms with van der Waals surface area (Å²) in [6, 6.07) is 9.87. The van der Waals surface area contributed by atoms with Gasteiger partial charge in [-0.3, -0.25) is 4.99 Å². The van der Waals surface area contributed by atoms with Crippen molar-refractivity contribution in [2.24, 2.45) is 4.99 Å². The van der Waals surface area contributed by atoms with Crippen LogP contribution in [-0.2, 0) is 6.42 Å². The maximum absolute atomic E-state index is 5.66. The topological polar surface area (TPSA) is 58.5 Å². The van der Waals surface area contributed by atoms with E-state index < -0.39 is 0 Å². The van der Waals surface area contributed by atoms with Crippen molar-refractivity contribution in [2.75, 3.05) is 26.7 Å². The van der Waals surface area contributed by atoms with Crippen molar-refractivity contribution in [1.82, 2.24) is 15.6 Å². The number of benzene rings is 1. The fraction of sp³-hybridized carbons (Fsp3) is 0.412. The Kier molecular flexibility index (Phi) is 10.4. The second-order valence-electron chi connectivity index (χ2n) is 5.05. The molecule has 0 saturated carbocycles. The maximum atomic E-state index is 5.66. The third kappa shape index (κ3) is 7.96. The van der Waals surface area contributed by atoms with E-state index in [1.54, 1.807) is 18.4 Å². The van der Waals surface area contributed by atoms with Crippen LogP contribution in [-0.4, -0.2) is 37.7 Å². The SMILES string of the molecule is CN=C(NCCCOc1ccccc1)NCCc1csc(C)n1.I. The molecule has 0 aliphatic carbocycles. The van der Waals surface area contributed by atoms with Crippen LogP contribution in [0.4, 0.5) is 0 Å². The number of ether oxygens (including phenoxy) is 1. The summed E-state index contributed by atoms with van der Waals surface area (Å²) in [6.45, 7) is 4.36. The third-order valence-electron chi connectivity index (χ3n) is 3.19. The van der Waals surface area contributed by atoms with Gasteiger partial charge in [0.15, 0.2) is 5.96 Å². The number of guanidine groups is 1. The Hall–Kier alpha value is -1.35. The number of para-hydroxylation sites is 1. The van der Waals surface area contributed by atoms with Gasteiger partial charge in [-0.25, -0.2) is 4.98 Å². The first kappa shape index (κ1) is 20.7. The van der Waals surface area contributed by atoms with Gasteiger partial charge >= 0.3 is 0 Å². The highest BCUT2D eigenvalue weighted by Crippen LogP contribution is 2.08. The molecule has 0 aliphatic rings. The summed E-state index contributed by atoms with van der Waals surface area (Å²) < 4.78 is 5.66. The molecule has 2 aromatic rings. The fourth-order valence-electron chi connectivity index (χ4n) is 2.04. The van der Waals surface area contributed by atoms with Gasteiger partial charge in [-0.2, -0.15) is 0 Å². The summed E-state index contributed by atoms with van der Waals surface area (Å²) in [6.07, 6.45) is 1.82. The molecular weight excluding hydrogens is 435 g/mol. The maximum Gasteiger partial charge on any atom is 0.190 e. The Morgan fingerprint density at radius 2 is 1.96 bits per heavy atom. The highest BCUT2D eigenvalue weighted by atomic mass is 127. The van der Waals surface area contributed by atoms with E-state index in [0.29, 0.717) is 6.61 Å². The van der Waals surface area contributed by atoms with Gasteiger partial charge in [0, 0.05) is 31.9 Å². The smallest absolute Gasteiger partial charge is 0.190 e. The highest BCUT2D eigenvalue weighted by molar-refractivity contribution is 14.0. The molecule has 0 aliphatic heterocycles. The standard InChI is InChI=1S/C17H24N4OS.HI/c1-14-21-15(13-23-14)9-11-20-17(18-2)19-10-6-12-22-16-7-4-3-5-8-16;/h3-5,7-8,13H,6,9-12H2,1-2H3,(H2,18,19,20);1H. The van der Waals surface area contributed by atoms with E-state index >= 15 is 0 Å². The summed E-state index contributed by atoms with van der Waals surface area (Å²) in [7, 11) is 1.78. The Labute approximate surface area is 165 Å². The van der Waals surface area contributed by atoms with Crippen LogP contribution in [0.5, 0.6) is 5.75 Å². The number of aryl methyl sites for hydroxylation is 1. The van der Waals surface area contributed by atoms with Crippen molar-refractivity contribution in [2.45, 2.75) is 19.8 Å². The number of aliphatic imine (C=N–C) groups is 1. The van der Waals surface area contributed by atoms with Gasteiger partial charge in [0.05, 0.1) is 17.3 Å². The minimum atomic E-state index is 0. The predicted octanol–water partition coefficient (Wildman–Crippen LogP) is 3.25. The molecule has 0 saturated heterocycles. The number of nitrogens with zero attached hydrogens (tertiary/aromatic N) is 2. The van der Waals surface area contributed by atoms with Crippen LogP contribution >= 0.6 is 35.3 Å². The molecule has 1 aromatic heterocycles. The van der Waals surface area contributed by atoms with Crippen molar-refractivity contribution in [3.05, 3.63) is 46.4 Å². The van der Waals surface area contributed by atoms with Gasteiger partial charge in [0.25, 0.3) is 0 Å². The molecule has 5 nitrogen and oxygen atoms in total. The Morgan fingerprint density at radius 1 is 1.21 bits per heavy atom. The summed E-state index contributed by atoms with van der Waals surface area (Å²) in [5.74, 6) is 1.73. The molecule has 7 heteroatoms. The number of nitrogens with one attached hydrogen (secondary N) is 2. The van der Waals surface area contributed by atoms with Crippen molar-refractivity contribution in [1.29, 1.82) is 0 Å². The quantitative estimate of drug-likeness (QED) is 0.275. The van der Waals surface area contributed by atoms with Crippen LogP contribution in [0, 0.1) is 6.92 Å². The minimum Gasteiger partial charge on any atom is -0.494 e. The van der Waals surface area contributed by atoms with Gasteiger partial charge < -0.3 is 15.4 Å². The highest BCUT2D eigenvalue weighted by Gasteiger charge is 2.00. The lowest BCUT2D eigenvalue weighted by Crippen LogP contribution is -2.39. The normalized spacial score (nSPS) is 10.8. The van der Waals surface area contributed by atoms with Gasteiger partial charge in [-0.1, -0.05) is 18.2 Å². The molecular formula is C17H25IN4OS. The van der Waals surface area contributed by atoms with Gasteiger partial charge in [0.2, 0.25) is 0 Å². The molecule has 0 radical (unpaired) electrons. The molecule has 24 heavy (non-hydrogen) atoms. The van der Waals surface area contributed by atoms with E-state index in [9.17, 15) is 0 Å². The van der Waals surface area contributed by atoms with E-state index in [-0.39, 0.29) is 24.0 Å². The molecule has 0 fully saturated rings. The Bertz CT molecular complexity index is 604. The molecule has 0 spiro atoms. The number of hydrogen-bond acceptors (Lipinski definition) is 4. The van der Waals surface area contributed by atoms with Crippen LogP contribution in [0.1, 0.15) is 17.1 Å². The summed E-state index contributed by atoms with van der Waals surface area (Å²) in [5.41, 5.74) is 1.13. The van der Waals surface area contributed by atoms with Crippen molar-refractivity contribution < 1.29 is 4.74 Å². The average Bonchev–Trinajstić information content (AvgIpc) is 2.99. The summed E-state index contributed by atoms with van der Waals surface area (Å²) >= 11 is 1.69. The summed E-state index contributed by atoms with van der Waals surface area (Å²) in [5, 5.41) is 9.80. The number of rotatable bonds is 8. The first-order valence-electron chi connectivity index (χ1n) is 7.81. The molecule has 0 amide bonds. The van der Waals surface area contributed by atoms with Gasteiger partial charge in [-0.05, 0) is 25.5 Å². The lowest BCUT2D eigenvalue weighted by molar-refractivity contribution is 0.311. The zero-order valence-corrected chi connectivity index (χ0v) is 17.3. The number of thiazole rings is 1. The van der Waals surface area contributed by atoms with E-state index in [0.717, 1.165) is 48.3 Å². The minimum absolute atomic E-state index is 0. The lowest BCUT2D eigenvalue weighted by Gasteiger charge is -2.11. The molecule has 0 unspecified atom stereocenters. The van der Waals surface area contributed by atoms with E-state index in [2.05, 4.69) is 26.0 Å². The molecule has 1 heterocycles. The molecule has 1 aromatic carbocycles. The predicted molar refractivity (Wildman–Crippen MR) is 112 cm³/mol. The van der Waals surface area contributed by atoms with Crippen molar-refractivity contribution >= 4 is 41.3 Å². The average molecular weight is 460 g/mol. The van der Waals surface area contributed by atoms with E-state index in [1.165, 1.54) is 0 Å². The van der Waals surface area contributed by atoms with Crippen LogP contribution in [0.25, 0.3) is 0 Å². The Morgan fingerprint density at radius 3 is 2.62 bits per heavy atom. The van der Waals surface area contributed by atoms with Gasteiger partial charge in [0.1, 0.15) is 5.75 Å². The summed E-state index contributed by atoms with van der Waals surface area (Å²) in [4.78, 5) is 8.67. The van der Waals surface area contributed by atoms with E-state index in [1.807, 2.05) is 37.3 Å². The first-order chi connectivity index (χ1) is 11.3. The molecule has 0 atom stereocenters. The Balaban J connectivity index is 0.00000288.